The first-order chi connectivity index (χ1) is 17.1. The van der Waals surface area contributed by atoms with Crippen LogP contribution in [0.1, 0.15) is 12.5 Å². The number of aromatic nitrogens is 3. The summed E-state index contributed by atoms with van der Waals surface area (Å²) < 4.78 is 12.5. The molecule has 35 heavy (non-hydrogen) atoms. The predicted molar refractivity (Wildman–Crippen MR) is 138 cm³/mol. The summed E-state index contributed by atoms with van der Waals surface area (Å²) in [6.07, 6.45) is 0.743. The molecule has 8 heteroatoms. The van der Waals surface area contributed by atoms with Crippen LogP contribution in [0.3, 0.4) is 0 Å². The van der Waals surface area contributed by atoms with E-state index >= 15 is 0 Å². The lowest BCUT2D eigenvalue weighted by molar-refractivity contribution is -0.120. The Morgan fingerprint density at radius 3 is 2.40 bits per heavy atom. The Bertz CT molecular complexity index is 1260. The van der Waals surface area contributed by atoms with Crippen molar-refractivity contribution < 1.29 is 14.3 Å². The zero-order valence-electron chi connectivity index (χ0n) is 20.0. The number of para-hydroxylation sites is 1. The molecule has 7 nitrogen and oxygen atoms in total. The number of hydrogen-bond acceptors (Lipinski definition) is 6. The van der Waals surface area contributed by atoms with Gasteiger partial charge in [0.05, 0.1) is 19.5 Å². The largest absolute Gasteiger partial charge is 0.497 e. The van der Waals surface area contributed by atoms with Crippen LogP contribution in [0.5, 0.6) is 11.5 Å². The summed E-state index contributed by atoms with van der Waals surface area (Å²) in [6.45, 7) is 2.43. The smallest absolute Gasteiger partial charge is 0.233 e. The molecule has 180 valence electrons. The lowest BCUT2D eigenvalue weighted by atomic mass is 10.1. The first-order valence-electron chi connectivity index (χ1n) is 11.3. The molecular formula is C27H28N4O3S. The van der Waals surface area contributed by atoms with Gasteiger partial charge in [-0.3, -0.25) is 9.36 Å². The van der Waals surface area contributed by atoms with Gasteiger partial charge in [-0.15, -0.1) is 10.2 Å². The Morgan fingerprint density at radius 2 is 1.69 bits per heavy atom. The van der Waals surface area contributed by atoms with Gasteiger partial charge in [0.25, 0.3) is 0 Å². The Kier molecular flexibility index (Phi) is 8.05. The summed E-state index contributed by atoms with van der Waals surface area (Å²) in [5.74, 6) is 2.20. The summed E-state index contributed by atoms with van der Waals surface area (Å²) in [6, 6.07) is 25.4. The molecule has 4 rings (SSSR count). The van der Waals surface area contributed by atoms with E-state index in [1.54, 1.807) is 14.2 Å². The number of methoxy groups -OCH3 is 2. The van der Waals surface area contributed by atoms with Crippen molar-refractivity contribution in [1.29, 1.82) is 0 Å². The second-order valence-electron chi connectivity index (χ2n) is 7.86. The third-order valence-corrected chi connectivity index (χ3v) is 6.54. The van der Waals surface area contributed by atoms with Crippen molar-refractivity contribution in [3.05, 3.63) is 84.4 Å². The average molecular weight is 489 g/mol. The summed E-state index contributed by atoms with van der Waals surface area (Å²) in [5.41, 5.74) is 2.94. The molecule has 4 aromatic rings. The van der Waals surface area contributed by atoms with E-state index in [2.05, 4.69) is 15.5 Å². The molecule has 0 aliphatic rings. The summed E-state index contributed by atoms with van der Waals surface area (Å²) in [5, 5.41) is 12.2. The predicted octanol–water partition coefficient (Wildman–Crippen LogP) is 4.79. The van der Waals surface area contributed by atoms with E-state index in [4.69, 9.17) is 9.47 Å². The average Bonchev–Trinajstić information content (AvgIpc) is 3.33. The monoisotopic (exact) mass is 488 g/mol. The van der Waals surface area contributed by atoms with E-state index in [9.17, 15) is 4.79 Å². The molecule has 1 unspecified atom stereocenters. The van der Waals surface area contributed by atoms with Crippen molar-refractivity contribution in [1.82, 2.24) is 20.1 Å². The number of benzene rings is 3. The highest BCUT2D eigenvalue weighted by molar-refractivity contribution is 8.00. The van der Waals surface area contributed by atoms with Crippen LogP contribution in [0.4, 0.5) is 0 Å². The van der Waals surface area contributed by atoms with E-state index in [0.29, 0.717) is 17.5 Å². The van der Waals surface area contributed by atoms with Crippen LogP contribution in [0.2, 0.25) is 0 Å². The second-order valence-corrected chi connectivity index (χ2v) is 9.17. The SMILES string of the molecule is COc1ccc(CCNC(=O)C(C)Sc2nnc(-c3cccc(OC)c3)n2-c2ccccc2)cc1. The number of nitrogens with zero attached hydrogens (tertiary/aromatic N) is 3. The number of thioether (sulfide) groups is 1. The second kappa shape index (κ2) is 11.6. The number of rotatable bonds is 10. The number of carbonyl (C=O) groups is 1. The topological polar surface area (TPSA) is 78.3 Å². The minimum Gasteiger partial charge on any atom is -0.497 e. The highest BCUT2D eigenvalue weighted by Gasteiger charge is 2.22. The van der Waals surface area contributed by atoms with E-state index in [1.165, 1.54) is 11.8 Å². The first kappa shape index (κ1) is 24.3. The van der Waals surface area contributed by atoms with Crippen molar-refractivity contribution in [2.75, 3.05) is 20.8 Å². The van der Waals surface area contributed by atoms with Gasteiger partial charge < -0.3 is 14.8 Å². The minimum absolute atomic E-state index is 0.0472. The fourth-order valence-electron chi connectivity index (χ4n) is 3.58. The Morgan fingerprint density at radius 1 is 0.943 bits per heavy atom. The molecule has 3 aromatic carbocycles. The van der Waals surface area contributed by atoms with Gasteiger partial charge in [-0.2, -0.15) is 0 Å². The molecule has 0 saturated heterocycles. The van der Waals surface area contributed by atoms with E-state index in [1.807, 2.05) is 90.4 Å². The molecule has 0 radical (unpaired) electrons. The molecule has 1 N–H and O–H groups in total. The third kappa shape index (κ3) is 6.02. The minimum atomic E-state index is -0.351. The molecule has 1 heterocycles. The van der Waals surface area contributed by atoms with Crippen molar-refractivity contribution in [2.45, 2.75) is 23.8 Å². The van der Waals surface area contributed by atoms with Gasteiger partial charge in [-0.25, -0.2) is 0 Å². The van der Waals surface area contributed by atoms with Crippen LogP contribution >= 0.6 is 11.8 Å². The van der Waals surface area contributed by atoms with E-state index < -0.39 is 0 Å². The lowest BCUT2D eigenvalue weighted by Gasteiger charge is -2.14. The van der Waals surface area contributed by atoms with Gasteiger partial charge in [0.2, 0.25) is 5.91 Å². The van der Waals surface area contributed by atoms with Crippen LogP contribution in [-0.4, -0.2) is 46.7 Å². The fraction of sp³-hybridized carbons (Fsp3) is 0.222. The van der Waals surface area contributed by atoms with Gasteiger partial charge in [-0.1, -0.05) is 54.2 Å². The Labute approximate surface area is 209 Å². The summed E-state index contributed by atoms with van der Waals surface area (Å²) in [4.78, 5) is 12.8. The molecule has 1 aromatic heterocycles. The van der Waals surface area contributed by atoms with Crippen molar-refractivity contribution in [2.24, 2.45) is 0 Å². The van der Waals surface area contributed by atoms with Gasteiger partial charge in [0.15, 0.2) is 11.0 Å². The standard InChI is InChI=1S/C27H28N4O3S/c1-19(26(32)28-17-16-20-12-14-23(33-2)15-13-20)35-27-30-29-25(21-8-7-11-24(18-21)34-3)31(27)22-9-5-4-6-10-22/h4-15,18-19H,16-17H2,1-3H3,(H,28,32). The van der Waals surface area contributed by atoms with Crippen molar-refractivity contribution in [3.8, 4) is 28.6 Å². The number of amides is 1. The van der Waals surface area contributed by atoms with Crippen LogP contribution in [-0.2, 0) is 11.2 Å². The van der Waals surface area contributed by atoms with Gasteiger partial charge in [0.1, 0.15) is 11.5 Å². The van der Waals surface area contributed by atoms with E-state index in [0.717, 1.165) is 34.7 Å². The number of nitrogens with one attached hydrogen (secondary N) is 1. The first-order valence-corrected chi connectivity index (χ1v) is 12.2. The highest BCUT2D eigenvalue weighted by Crippen LogP contribution is 2.31. The Hall–Kier alpha value is -3.78. The third-order valence-electron chi connectivity index (χ3n) is 5.50. The van der Waals surface area contributed by atoms with Gasteiger partial charge in [-0.05, 0) is 55.3 Å². The quantitative estimate of drug-likeness (QED) is 0.323. The molecular weight excluding hydrogens is 460 g/mol. The maximum atomic E-state index is 12.8. The van der Waals surface area contributed by atoms with Gasteiger partial charge >= 0.3 is 0 Å². The number of carbonyl (C=O) groups excluding carboxylic acids is 1. The zero-order chi connectivity index (χ0) is 24.6. The molecule has 0 fully saturated rings. The van der Waals surface area contributed by atoms with Gasteiger partial charge in [0, 0.05) is 17.8 Å². The molecule has 0 saturated carbocycles. The summed E-state index contributed by atoms with van der Waals surface area (Å²) in [7, 11) is 3.28. The molecule has 0 spiro atoms. The number of ether oxygens (including phenoxy) is 2. The van der Waals surface area contributed by atoms with Crippen LogP contribution in [0.25, 0.3) is 17.1 Å². The fourth-order valence-corrected chi connectivity index (χ4v) is 4.47. The molecule has 0 bridgehead atoms. The van der Waals surface area contributed by atoms with Crippen LogP contribution in [0, 0.1) is 0 Å². The Balaban J connectivity index is 1.48. The van der Waals surface area contributed by atoms with Crippen molar-refractivity contribution >= 4 is 17.7 Å². The molecule has 1 atom stereocenters. The lowest BCUT2D eigenvalue weighted by Crippen LogP contribution is -2.32. The van der Waals surface area contributed by atoms with Crippen LogP contribution in [0.15, 0.2) is 84.0 Å². The highest BCUT2D eigenvalue weighted by atomic mass is 32.2. The maximum Gasteiger partial charge on any atom is 0.233 e. The van der Waals surface area contributed by atoms with Crippen LogP contribution < -0.4 is 14.8 Å². The van der Waals surface area contributed by atoms with E-state index in [-0.39, 0.29) is 11.2 Å². The molecule has 1 amide bonds. The van der Waals surface area contributed by atoms with Crippen molar-refractivity contribution in [3.63, 3.8) is 0 Å². The number of hydrogen-bond donors (Lipinski definition) is 1. The molecule has 0 aliphatic heterocycles. The molecule has 0 aliphatic carbocycles. The summed E-state index contributed by atoms with van der Waals surface area (Å²) >= 11 is 1.38. The normalized spacial score (nSPS) is 11.6. The maximum absolute atomic E-state index is 12.8. The zero-order valence-corrected chi connectivity index (χ0v) is 20.8.